The summed E-state index contributed by atoms with van der Waals surface area (Å²) in [5.41, 5.74) is 0. The van der Waals surface area contributed by atoms with Crippen molar-refractivity contribution in [3.05, 3.63) is 97.6 Å². The lowest BCUT2D eigenvalue weighted by Crippen LogP contribution is -2.68. The second-order valence-electron chi connectivity index (χ2n) is 7.84. The number of hydrogen-bond donors (Lipinski definition) is 0. The Bertz CT molecular complexity index is 859. The molecule has 2 nitrogen and oxygen atoms in total. The van der Waals surface area contributed by atoms with E-state index in [1.165, 1.54) is 10.4 Å². The molecule has 0 radical (unpaired) electrons. The van der Waals surface area contributed by atoms with Crippen LogP contribution >= 0.6 is 0 Å². The summed E-state index contributed by atoms with van der Waals surface area (Å²) in [5, 5.41) is 2.44. The zero-order valence-electron chi connectivity index (χ0n) is 16.9. The van der Waals surface area contributed by atoms with E-state index in [0.717, 1.165) is 11.5 Å². The molecule has 144 valence electrons. The highest BCUT2D eigenvalue weighted by atomic mass is 28.4. The zero-order chi connectivity index (χ0) is 20.0. The highest BCUT2D eigenvalue weighted by molar-refractivity contribution is 7.00. The van der Waals surface area contributed by atoms with Crippen LogP contribution in [0.2, 0.25) is 5.04 Å². The first-order valence-corrected chi connectivity index (χ1v) is 11.5. The Labute approximate surface area is 169 Å². The summed E-state index contributed by atoms with van der Waals surface area (Å²) < 4.78 is 12.7. The highest BCUT2D eigenvalue weighted by Gasteiger charge is 2.52. The Morgan fingerprint density at radius 3 is 1.82 bits per heavy atom. The maximum atomic E-state index is 6.99. The van der Waals surface area contributed by atoms with E-state index in [1.54, 1.807) is 6.08 Å². The first-order chi connectivity index (χ1) is 13.5. The summed E-state index contributed by atoms with van der Waals surface area (Å²) in [7, 11) is -2.62. The van der Waals surface area contributed by atoms with Crippen molar-refractivity contribution in [3.63, 3.8) is 0 Å². The van der Waals surface area contributed by atoms with Crippen molar-refractivity contribution in [1.29, 1.82) is 0 Å². The van der Waals surface area contributed by atoms with Crippen LogP contribution in [-0.2, 0) is 0 Å². The van der Waals surface area contributed by atoms with Gasteiger partial charge in [0.2, 0.25) is 0 Å². The van der Waals surface area contributed by atoms with Gasteiger partial charge in [0.05, 0.1) is 0 Å². The van der Waals surface area contributed by atoms with Crippen LogP contribution in [-0.4, -0.2) is 14.9 Å². The minimum atomic E-state index is -2.62. The summed E-state index contributed by atoms with van der Waals surface area (Å²) in [4.78, 5) is 0. The second-order valence-corrected chi connectivity index (χ2v) is 12.1. The molecule has 0 fully saturated rings. The molecule has 0 N–H and O–H groups in total. The standard InChI is InChI=1S/C25H28O2Si/c1-5-19-26-21-13-12-14-22(20-21)27-28(25(2,3)4,23-15-8-6-9-16-23)24-17-10-7-11-18-24/h5-18,20H,1,19H2,2-4H3. The molecule has 0 saturated heterocycles. The molecule has 3 rings (SSSR count). The van der Waals surface area contributed by atoms with Crippen molar-refractivity contribution < 1.29 is 9.16 Å². The van der Waals surface area contributed by atoms with E-state index in [2.05, 4.69) is 88.0 Å². The van der Waals surface area contributed by atoms with Crippen molar-refractivity contribution >= 4 is 18.7 Å². The molecule has 0 heterocycles. The number of ether oxygens (including phenoxy) is 1. The van der Waals surface area contributed by atoms with Crippen LogP contribution < -0.4 is 19.5 Å². The van der Waals surface area contributed by atoms with E-state index in [9.17, 15) is 0 Å². The van der Waals surface area contributed by atoms with E-state index in [-0.39, 0.29) is 5.04 Å². The van der Waals surface area contributed by atoms with Gasteiger partial charge in [0.25, 0.3) is 0 Å². The van der Waals surface area contributed by atoms with Gasteiger partial charge in [-0.05, 0) is 27.5 Å². The lowest BCUT2D eigenvalue weighted by molar-refractivity contribution is 0.361. The first-order valence-electron chi connectivity index (χ1n) is 9.61. The molecule has 0 aliphatic rings. The van der Waals surface area contributed by atoms with Crippen molar-refractivity contribution in [2.75, 3.05) is 6.61 Å². The fourth-order valence-corrected chi connectivity index (χ4v) is 8.02. The molecule has 0 aliphatic heterocycles. The van der Waals surface area contributed by atoms with Crippen LogP contribution in [0.3, 0.4) is 0 Å². The smallest absolute Gasteiger partial charge is 0.319 e. The van der Waals surface area contributed by atoms with Crippen LogP contribution in [0.5, 0.6) is 11.5 Å². The van der Waals surface area contributed by atoms with Gasteiger partial charge in [-0.25, -0.2) is 0 Å². The normalized spacial score (nSPS) is 11.7. The molecular formula is C25H28O2Si. The Hall–Kier alpha value is -2.78. The van der Waals surface area contributed by atoms with Gasteiger partial charge >= 0.3 is 8.32 Å². The summed E-state index contributed by atoms with van der Waals surface area (Å²) in [6.45, 7) is 11.0. The Morgan fingerprint density at radius 1 is 0.786 bits per heavy atom. The Balaban J connectivity index is 2.15. The van der Waals surface area contributed by atoms with Gasteiger partial charge in [-0.2, -0.15) is 0 Å². The van der Waals surface area contributed by atoms with Crippen LogP contribution in [0, 0.1) is 0 Å². The molecule has 0 spiro atoms. The molecule has 0 aliphatic carbocycles. The van der Waals surface area contributed by atoms with Gasteiger partial charge in [0.15, 0.2) is 0 Å². The molecule has 3 heteroatoms. The SMILES string of the molecule is C=CCOc1cccc(O[Si](c2ccccc2)(c2ccccc2)C(C)(C)C)c1. The predicted molar refractivity (Wildman–Crippen MR) is 120 cm³/mol. The average molecular weight is 389 g/mol. The van der Waals surface area contributed by atoms with Gasteiger partial charge in [0.1, 0.15) is 18.1 Å². The molecule has 3 aromatic rings. The summed E-state index contributed by atoms with van der Waals surface area (Å²) >= 11 is 0. The number of rotatable bonds is 7. The van der Waals surface area contributed by atoms with Gasteiger partial charge in [-0.1, -0.05) is 100 Å². The third kappa shape index (κ3) is 4.05. The van der Waals surface area contributed by atoms with Crippen molar-refractivity contribution in [1.82, 2.24) is 0 Å². The minimum Gasteiger partial charge on any atom is -0.534 e. The lowest BCUT2D eigenvalue weighted by Gasteiger charge is -2.43. The topological polar surface area (TPSA) is 18.5 Å². The van der Waals surface area contributed by atoms with Gasteiger partial charge in [-0.15, -0.1) is 0 Å². The maximum Gasteiger partial charge on any atom is 0.319 e. The fourth-order valence-electron chi connectivity index (χ4n) is 3.61. The third-order valence-corrected chi connectivity index (χ3v) is 9.81. The molecule has 0 saturated carbocycles. The number of hydrogen-bond acceptors (Lipinski definition) is 2. The van der Waals surface area contributed by atoms with Crippen LogP contribution in [0.4, 0.5) is 0 Å². The monoisotopic (exact) mass is 388 g/mol. The summed E-state index contributed by atoms with van der Waals surface area (Å²) in [6, 6.07) is 29.2. The molecule has 0 aromatic heterocycles. The highest BCUT2D eigenvalue weighted by Crippen LogP contribution is 2.38. The van der Waals surface area contributed by atoms with Crippen molar-refractivity contribution in [2.24, 2.45) is 0 Å². The van der Waals surface area contributed by atoms with E-state index >= 15 is 0 Å². The predicted octanol–water partition coefficient (Wildman–Crippen LogP) is 5.19. The molecule has 28 heavy (non-hydrogen) atoms. The van der Waals surface area contributed by atoms with Crippen LogP contribution in [0.25, 0.3) is 0 Å². The van der Waals surface area contributed by atoms with Crippen molar-refractivity contribution in [3.8, 4) is 11.5 Å². The van der Waals surface area contributed by atoms with E-state index in [4.69, 9.17) is 9.16 Å². The third-order valence-electron chi connectivity index (χ3n) is 4.86. The second kappa shape index (κ2) is 8.49. The fraction of sp³-hybridized carbons (Fsp3) is 0.200. The minimum absolute atomic E-state index is 0.0757. The quantitative estimate of drug-likeness (QED) is 0.410. The Morgan fingerprint density at radius 2 is 1.32 bits per heavy atom. The first kappa shape index (κ1) is 20.0. The molecular weight excluding hydrogens is 360 g/mol. The summed E-state index contributed by atoms with van der Waals surface area (Å²) in [6.07, 6.45) is 1.75. The molecule has 0 atom stereocenters. The largest absolute Gasteiger partial charge is 0.534 e. The Kier molecular flexibility index (Phi) is 6.05. The number of benzene rings is 3. The zero-order valence-corrected chi connectivity index (χ0v) is 17.9. The maximum absolute atomic E-state index is 6.99. The average Bonchev–Trinajstić information content (AvgIpc) is 2.71. The van der Waals surface area contributed by atoms with E-state index in [0.29, 0.717) is 6.61 Å². The van der Waals surface area contributed by atoms with E-state index in [1.807, 2.05) is 24.3 Å². The lowest BCUT2D eigenvalue weighted by atomic mass is 10.2. The van der Waals surface area contributed by atoms with Crippen LogP contribution in [0.15, 0.2) is 97.6 Å². The molecule has 3 aromatic carbocycles. The molecule has 0 unspecified atom stereocenters. The van der Waals surface area contributed by atoms with Crippen LogP contribution in [0.1, 0.15) is 20.8 Å². The van der Waals surface area contributed by atoms with Crippen molar-refractivity contribution in [2.45, 2.75) is 25.8 Å². The molecule has 0 bridgehead atoms. The summed E-state index contributed by atoms with van der Waals surface area (Å²) in [5.74, 6) is 1.62. The van der Waals surface area contributed by atoms with Gasteiger partial charge in [-0.3, -0.25) is 0 Å². The molecule has 0 amide bonds. The van der Waals surface area contributed by atoms with Gasteiger partial charge < -0.3 is 9.16 Å². The van der Waals surface area contributed by atoms with E-state index < -0.39 is 8.32 Å². The van der Waals surface area contributed by atoms with Gasteiger partial charge in [0, 0.05) is 6.07 Å².